The minimum absolute atomic E-state index is 0.0185. The third-order valence-corrected chi connectivity index (χ3v) is 3.74. The van der Waals surface area contributed by atoms with E-state index >= 15 is 0 Å². The molecule has 140 valence electrons. The second-order valence-electron chi connectivity index (χ2n) is 6.60. The molecule has 27 heavy (non-hydrogen) atoms. The van der Waals surface area contributed by atoms with Crippen LogP contribution >= 0.6 is 0 Å². The summed E-state index contributed by atoms with van der Waals surface area (Å²) in [7, 11) is 0. The van der Waals surface area contributed by atoms with Crippen LogP contribution in [-0.4, -0.2) is 30.2 Å². The summed E-state index contributed by atoms with van der Waals surface area (Å²) < 4.78 is 29.7. The lowest BCUT2D eigenvalue weighted by Crippen LogP contribution is -2.14. The summed E-state index contributed by atoms with van der Waals surface area (Å²) in [5, 5.41) is 9.75. The van der Waals surface area contributed by atoms with Gasteiger partial charge in [-0.15, -0.1) is 0 Å². The number of halogens is 2. The number of nitrogens with two attached hydrogens (primary N) is 1. The van der Waals surface area contributed by atoms with Crippen LogP contribution in [0.25, 0.3) is 22.6 Å². The molecule has 3 aromatic rings. The smallest absolute Gasteiger partial charge is 0.209 e. The third kappa shape index (κ3) is 3.73. The van der Waals surface area contributed by atoms with Crippen LogP contribution in [0.5, 0.6) is 0 Å². The fourth-order valence-corrected chi connectivity index (χ4v) is 2.60. The number of benzene rings is 1. The zero-order chi connectivity index (χ0) is 19.8. The molecule has 2 aromatic heterocycles. The number of aromatic nitrogens is 4. The average Bonchev–Trinajstić information content (AvgIpc) is 2.94. The van der Waals surface area contributed by atoms with Gasteiger partial charge in [-0.25, -0.2) is 23.7 Å². The van der Waals surface area contributed by atoms with Gasteiger partial charge in [0.05, 0.1) is 5.56 Å². The molecule has 0 atom stereocenters. The second-order valence-corrected chi connectivity index (χ2v) is 6.60. The van der Waals surface area contributed by atoms with Crippen molar-refractivity contribution >= 4 is 17.0 Å². The fraction of sp³-hybridized carbons (Fsp3) is 0.316. The molecular weight excluding hydrogens is 352 g/mol. The molecule has 0 bridgehead atoms. The van der Waals surface area contributed by atoms with E-state index in [0.717, 1.165) is 6.07 Å². The van der Waals surface area contributed by atoms with Gasteiger partial charge in [0, 0.05) is 6.54 Å². The average molecular weight is 371 g/mol. The lowest BCUT2D eigenvalue weighted by molar-refractivity contribution is 0.143. The summed E-state index contributed by atoms with van der Waals surface area (Å²) in [5.41, 5.74) is 5.46. The molecule has 1 aromatic carbocycles. The topological polar surface area (TPSA) is 89.9 Å². The summed E-state index contributed by atoms with van der Waals surface area (Å²) in [6.45, 7) is 5.48. The second kappa shape index (κ2) is 6.93. The predicted octanol–water partition coefficient (Wildman–Crippen LogP) is 2.89. The van der Waals surface area contributed by atoms with E-state index in [-0.39, 0.29) is 28.5 Å². The van der Waals surface area contributed by atoms with Crippen LogP contribution in [0.1, 0.15) is 33.0 Å². The molecule has 3 rings (SSSR count). The molecule has 0 unspecified atom stereocenters. The minimum atomic E-state index is -1.22. The quantitative estimate of drug-likeness (QED) is 0.691. The number of nitrogen functional groups attached to an aromatic ring is 1. The van der Waals surface area contributed by atoms with E-state index in [1.54, 1.807) is 4.57 Å². The highest BCUT2D eigenvalue weighted by atomic mass is 19.2. The van der Waals surface area contributed by atoms with Crippen LogP contribution < -0.4 is 5.73 Å². The van der Waals surface area contributed by atoms with Crippen LogP contribution in [0, 0.1) is 23.5 Å². The van der Waals surface area contributed by atoms with E-state index in [2.05, 4.69) is 26.8 Å². The maximum atomic E-state index is 14.3. The predicted molar refractivity (Wildman–Crippen MR) is 98.6 cm³/mol. The maximum absolute atomic E-state index is 14.3. The number of anilines is 1. The van der Waals surface area contributed by atoms with E-state index in [0.29, 0.717) is 18.6 Å². The van der Waals surface area contributed by atoms with E-state index in [4.69, 9.17) is 5.73 Å². The van der Waals surface area contributed by atoms with E-state index in [1.165, 1.54) is 26.0 Å². The van der Waals surface area contributed by atoms with Crippen LogP contribution in [0.3, 0.4) is 0 Å². The number of hydrogen-bond donors (Lipinski definition) is 2. The van der Waals surface area contributed by atoms with Gasteiger partial charge in [-0.1, -0.05) is 18.9 Å². The number of fused-ring (bicyclic) bond motifs is 1. The van der Waals surface area contributed by atoms with Gasteiger partial charge in [0.1, 0.15) is 11.4 Å². The van der Waals surface area contributed by atoms with Gasteiger partial charge in [0.25, 0.3) is 0 Å². The number of imidazole rings is 1. The van der Waals surface area contributed by atoms with Crippen molar-refractivity contribution in [3.8, 4) is 23.2 Å². The van der Waals surface area contributed by atoms with Gasteiger partial charge in [-0.2, -0.15) is 0 Å². The van der Waals surface area contributed by atoms with Crippen molar-refractivity contribution in [2.75, 3.05) is 5.73 Å². The van der Waals surface area contributed by atoms with Gasteiger partial charge in [0.15, 0.2) is 28.6 Å². The lowest BCUT2D eigenvalue weighted by atomic mass is 10.1. The molecule has 0 spiro atoms. The van der Waals surface area contributed by atoms with Crippen LogP contribution in [0.2, 0.25) is 0 Å². The number of nitrogens with zero attached hydrogens (tertiary/aromatic N) is 4. The Balaban J connectivity index is 2.27. The SMILES string of the molecule is CCCn1c(-c2cccc(F)c2F)nc2c(N)nc(C#CC(C)(C)O)nc21. The van der Waals surface area contributed by atoms with Crippen molar-refractivity contribution in [1.29, 1.82) is 0 Å². The number of aryl methyl sites for hydroxylation is 1. The Kier molecular flexibility index (Phi) is 4.81. The van der Waals surface area contributed by atoms with Crippen LogP contribution in [-0.2, 0) is 6.54 Å². The summed E-state index contributed by atoms with van der Waals surface area (Å²) in [6.07, 6.45) is 0.712. The van der Waals surface area contributed by atoms with Gasteiger partial charge >= 0.3 is 0 Å². The third-order valence-electron chi connectivity index (χ3n) is 3.74. The Morgan fingerprint density at radius 2 is 1.96 bits per heavy atom. The molecule has 0 aliphatic heterocycles. The van der Waals surface area contributed by atoms with E-state index < -0.39 is 17.2 Å². The molecule has 0 saturated carbocycles. The summed E-state index contributed by atoms with van der Waals surface area (Å²) in [5.74, 6) is 3.77. The number of aliphatic hydroxyl groups is 1. The Hall–Kier alpha value is -3.05. The van der Waals surface area contributed by atoms with Gasteiger partial charge in [0.2, 0.25) is 5.82 Å². The lowest BCUT2D eigenvalue weighted by Gasteiger charge is -2.08. The Labute approximate surface area is 155 Å². The summed E-state index contributed by atoms with van der Waals surface area (Å²) >= 11 is 0. The molecule has 3 N–H and O–H groups in total. The minimum Gasteiger partial charge on any atom is -0.382 e. The maximum Gasteiger partial charge on any atom is 0.209 e. The molecule has 0 fully saturated rings. The first-order valence-corrected chi connectivity index (χ1v) is 8.45. The van der Waals surface area contributed by atoms with E-state index in [9.17, 15) is 13.9 Å². The molecule has 6 nitrogen and oxygen atoms in total. The van der Waals surface area contributed by atoms with Gasteiger partial charge < -0.3 is 15.4 Å². The first kappa shape index (κ1) is 18.7. The van der Waals surface area contributed by atoms with Crippen LogP contribution in [0.15, 0.2) is 18.2 Å². The standard InChI is InChI=1S/C19H19F2N5O/c1-4-10-26-17(11-6-5-7-12(20)14(11)21)25-15-16(22)23-13(24-18(15)26)8-9-19(2,3)27/h5-7,27H,4,10H2,1-3H3,(H2,22,23,24). The molecule has 0 saturated heterocycles. The number of rotatable bonds is 3. The van der Waals surface area contributed by atoms with Crippen molar-refractivity contribution in [2.45, 2.75) is 39.3 Å². The molecule has 0 radical (unpaired) electrons. The summed E-state index contributed by atoms with van der Waals surface area (Å²) in [6, 6.07) is 3.91. The highest BCUT2D eigenvalue weighted by molar-refractivity contribution is 5.86. The molecule has 0 aliphatic rings. The van der Waals surface area contributed by atoms with Crippen molar-refractivity contribution < 1.29 is 13.9 Å². The Morgan fingerprint density at radius 3 is 2.63 bits per heavy atom. The van der Waals surface area contributed by atoms with Gasteiger partial charge in [-0.05, 0) is 38.3 Å². The molecule has 2 heterocycles. The Morgan fingerprint density at radius 1 is 1.22 bits per heavy atom. The zero-order valence-electron chi connectivity index (χ0n) is 15.2. The molecular formula is C19H19F2N5O. The zero-order valence-corrected chi connectivity index (χ0v) is 15.2. The highest BCUT2D eigenvalue weighted by Gasteiger charge is 2.21. The van der Waals surface area contributed by atoms with Gasteiger partial charge in [-0.3, -0.25) is 0 Å². The van der Waals surface area contributed by atoms with Crippen molar-refractivity contribution in [3.63, 3.8) is 0 Å². The monoisotopic (exact) mass is 371 g/mol. The normalized spacial score (nSPS) is 11.5. The fourth-order valence-electron chi connectivity index (χ4n) is 2.60. The van der Waals surface area contributed by atoms with E-state index in [1.807, 2.05) is 6.92 Å². The van der Waals surface area contributed by atoms with Crippen LogP contribution in [0.4, 0.5) is 14.6 Å². The first-order valence-electron chi connectivity index (χ1n) is 8.45. The van der Waals surface area contributed by atoms with Crippen molar-refractivity contribution in [1.82, 2.24) is 19.5 Å². The number of hydrogen-bond acceptors (Lipinski definition) is 5. The van der Waals surface area contributed by atoms with Crippen molar-refractivity contribution in [2.24, 2.45) is 0 Å². The highest BCUT2D eigenvalue weighted by Crippen LogP contribution is 2.29. The molecule has 0 amide bonds. The first-order chi connectivity index (χ1) is 12.7. The Bertz CT molecular complexity index is 1070. The summed E-state index contributed by atoms with van der Waals surface area (Å²) in [4.78, 5) is 12.8. The molecule has 8 heteroatoms. The molecule has 0 aliphatic carbocycles. The van der Waals surface area contributed by atoms with Crippen molar-refractivity contribution in [3.05, 3.63) is 35.7 Å². The largest absolute Gasteiger partial charge is 0.382 e.